The Hall–Kier alpha value is -3.65. The normalized spacial score (nSPS) is 20.9. The van der Waals surface area contributed by atoms with Gasteiger partial charge in [0, 0.05) is 11.1 Å². The molecule has 0 fully saturated rings. The summed E-state index contributed by atoms with van der Waals surface area (Å²) in [5.41, 5.74) is 1.57. The van der Waals surface area contributed by atoms with Crippen molar-refractivity contribution in [2.45, 2.75) is 11.9 Å². The Morgan fingerprint density at radius 2 is 1.47 bits per heavy atom. The molecule has 7 nitrogen and oxygen atoms in total. The van der Waals surface area contributed by atoms with E-state index in [0.29, 0.717) is 11.1 Å². The maximum Gasteiger partial charge on any atom is 0.233 e. The van der Waals surface area contributed by atoms with E-state index in [1.54, 1.807) is 48.5 Å². The molecule has 0 saturated carbocycles. The van der Waals surface area contributed by atoms with E-state index in [4.69, 9.17) is 0 Å². The molecule has 1 atom stereocenters. The van der Waals surface area contributed by atoms with Crippen LogP contribution in [0.25, 0.3) is 11.8 Å². The van der Waals surface area contributed by atoms with Crippen molar-refractivity contribution in [2.24, 2.45) is 0 Å². The molecule has 0 bridgehead atoms. The summed E-state index contributed by atoms with van der Waals surface area (Å²) in [4.78, 5) is 33.9. The molecular formula is C23H18O7. The van der Waals surface area contributed by atoms with Crippen molar-refractivity contribution in [3.05, 3.63) is 95.1 Å². The Morgan fingerprint density at radius 3 is 2.17 bits per heavy atom. The van der Waals surface area contributed by atoms with Crippen molar-refractivity contribution in [1.29, 1.82) is 0 Å². The van der Waals surface area contributed by atoms with Crippen LogP contribution in [-0.4, -0.2) is 49.7 Å². The van der Waals surface area contributed by atoms with Gasteiger partial charge in [0.25, 0.3) is 0 Å². The second-order valence-electron chi connectivity index (χ2n) is 6.63. The molecule has 30 heavy (non-hydrogen) atoms. The highest BCUT2D eigenvalue weighted by molar-refractivity contribution is 6.49. The first-order valence-electron chi connectivity index (χ1n) is 8.93. The molecule has 0 heterocycles. The topological polar surface area (TPSA) is 132 Å². The molecule has 1 unspecified atom stereocenters. The molecule has 0 aromatic heterocycles. The molecule has 4 rings (SSSR count). The van der Waals surface area contributed by atoms with Gasteiger partial charge in [-0.25, -0.2) is 0 Å². The molecule has 0 aliphatic heterocycles. The van der Waals surface area contributed by atoms with Gasteiger partial charge in [0.1, 0.15) is 5.76 Å². The fourth-order valence-corrected chi connectivity index (χ4v) is 2.89. The summed E-state index contributed by atoms with van der Waals surface area (Å²) >= 11 is 0. The van der Waals surface area contributed by atoms with Crippen LogP contribution in [0.1, 0.15) is 21.5 Å². The molecule has 2 aliphatic carbocycles. The quantitative estimate of drug-likeness (QED) is 0.245. The van der Waals surface area contributed by atoms with Gasteiger partial charge in [0.15, 0.2) is 6.10 Å². The number of hydrogen-bond donors (Lipinski definition) is 4. The van der Waals surface area contributed by atoms with Crippen LogP contribution in [0, 0.1) is 0 Å². The molecule has 4 N–H and O–H groups in total. The minimum Gasteiger partial charge on any atom is -0.507 e. The highest BCUT2D eigenvalue weighted by Crippen LogP contribution is 2.26. The zero-order valence-electron chi connectivity index (χ0n) is 15.6. The maximum atomic E-state index is 11.7. The number of rotatable bonds is 1. The van der Waals surface area contributed by atoms with Crippen LogP contribution < -0.4 is 0 Å². The van der Waals surface area contributed by atoms with Crippen molar-refractivity contribution >= 4 is 29.2 Å². The van der Waals surface area contributed by atoms with Crippen molar-refractivity contribution in [3.8, 4) is 0 Å². The van der Waals surface area contributed by atoms with E-state index in [-0.39, 0.29) is 11.3 Å². The van der Waals surface area contributed by atoms with E-state index in [2.05, 4.69) is 0 Å². The summed E-state index contributed by atoms with van der Waals surface area (Å²) in [6.45, 7) is 0. The monoisotopic (exact) mass is 406 g/mol. The largest absolute Gasteiger partial charge is 0.507 e. The van der Waals surface area contributed by atoms with E-state index in [0.717, 1.165) is 17.7 Å². The third kappa shape index (κ3) is 4.18. The van der Waals surface area contributed by atoms with Gasteiger partial charge in [-0.2, -0.15) is 0 Å². The Balaban J connectivity index is 0.000000184. The van der Waals surface area contributed by atoms with Crippen LogP contribution >= 0.6 is 0 Å². The standard InChI is InChI=1S/C13H12O5.C10H6O2/c14-10(8-4-2-1-3-5-8)9-6-7-13(17,18)12(16)11(9)15;11-9-6-5-7-3-1-2-4-8(7)10(9)12/h1-7,12,14,16-18H;1-6H. The Kier molecular flexibility index (Phi) is 5.89. The van der Waals surface area contributed by atoms with Gasteiger partial charge in [-0.1, -0.05) is 60.7 Å². The zero-order valence-corrected chi connectivity index (χ0v) is 15.6. The first-order chi connectivity index (χ1) is 14.2. The fraction of sp³-hybridized carbons (Fsp3) is 0.0870. The lowest BCUT2D eigenvalue weighted by molar-refractivity contribution is -0.191. The number of hydrogen-bond acceptors (Lipinski definition) is 7. The molecule has 2 aromatic rings. The van der Waals surface area contributed by atoms with Crippen LogP contribution in [0.3, 0.4) is 0 Å². The lowest BCUT2D eigenvalue weighted by atomic mass is 9.90. The number of benzene rings is 2. The van der Waals surface area contributed by atoms with E-state index < -0.39 is 29.2 Å². The van der Waals surface area contributed by atoms with Gasteiger partial charge in [0.05, 0.1) is 5.57 Å². The number of allylic oxidation sites excluding steroid dienone is 2. The first-order valence-corrected chi connectivity index (χ1v) is 8.93. The molecule has 0 saturated heterocycles. The predicted molar refractivity (Wildman–Crippen MR) is 108 cm³/mol. The first kappa shape index (κ1) is 21.1. The van der Waals surface area contributed by atoms with E-state index in [1.807, 2.05) is 12.1 Å². The molecule has 2 aromatic carbocycles. The van der Waals surface area contributed by atoms with E-state index >= 15 is 0 Å². The lowest BCUT2D eigenvalue weighted by Gasteiger charge is -2.27. The second-order valence-corrected chi connectivity index (χ2v) is 6.63. The number of aliphatic hydroxyl groups is 4. The average molecular weight is 406 g/mol. The number of carbonyl (C=O) groups excluding carboxylic acids is 3. The smallest absolute Gasteiger partial charge is 0.233 e. The summed E-state index contributed by atoms with van der Waals surface area (Å²) < 4.78 is 0. The summed E-state index contributed by atoms with van der Waals surface area (Å²) in [6, 6.07) is 15.4. The zero-order chi connectivity index (χ0) is 21.9. The summed E-state index contributed by atoms with van der Waals surface area (Å²) in [5, 5.41) is 37.9. The van der Waals surface area contributed by atoms with Crippen molar-refractivity contribution in [3.63, 3.8) is 0 Å². The van der Waals surface area contributed by atoms with Gasteiger partial charge >= 0.3 is 0 Å². The van der Waals surface area contributed by atoms with Crippen LogP contribution in [0.5, 0.6) is 0 Å². The summed E-state index contributed by atoms with van der Waals surface area (Å²) in [7, 11) is 0. The van der Waals surface area contributed by atoms with Crippen molar-refractivity contribution in [1.82, 2.24) is 0 Å². The van der Waals surface area contributed by atoms with Gasteiger partial charge in [-0.3, -0.25) is 14.4 Å². The molecule has 7 heteroatoms. The van der Waals surface area contributed by atoms with Crippen molar-refractivity contribution in [2.75, 3.05) is 0 Å². The molecular weight excluding hydrogens is 388 g/mol. The van der Waals surface area contributed by atoms with E-state index in [1.165, 1.54) is 6.08 Å². The Morgan fingerprint density at radius 1 is 0.833 bits per heavy atom. The predicted octanol–water partition coefficient (Wildman–Crippen LogP) is 1.60. The molecule has 0 amide bonds. The highest BCUT2D eigenvalue weighted by atomic mass is 16.5. The number of Topliss-reactive ketones (excluding diaryl/α,β-unsaturated/α-hetero) is 2. The van der Waals surface area contributed by atoms with Gasteiger partial charge in [0.2, 0.25) is 23.1 Å². The van der Waals surface area contributed by atoms with Crippen LogP contribution in [0.2, 0.25) is 0 Å². The molecule has 0 spiro atoms. The Bertz CT molecular complexity index is 1090. The van der Waals surface area contributed by atoms with Gasteiger partial charge in [-0.05, 0) is 23.8 Å². The fourth-order valence-electron chi connectivity index (χ4n) is 2.89. The minimum absolute atomic E-state index is 0.160. The number of carbonyl (C=O) groups is 3. The molecule has 152 valence electrons. The highest BCUT2D eigenvalue weighted by Gasteiger charge is 2.41. The molecule has 0 radical (unpaired) electrons. The summed E-state index contributed by atoms with van der Waals surface area (Å²) in [5.74, 6) is -4.70. The third-order valence-electron chi connectivity index (χ3n) is 4.56. The number of ketones is 3. The SMILES string of the molecule is O=C1C(=C(O)c2ccccc2)C=CC(O)(O)C1O.O=C1C=Cc2ccccc2C1=O. The molecule has 2 aliphatic rings. The van der Waals surface area contributed by atoms with E-state index in [9.17, 15) is 34.8 Å². The van der Waals surface area contributed by atoms with Gasteiger partial charge in [-0.15, -0.1) is 0 Å². The number of fused-ring (bicyclic) bond motifs is 1. The maximum absolute atomic E-state index is 11.7. The summed E-state index contributed by atoms with van der Waals surface area (Å²) in [6.07, 6.45) is 2.90. The number of aliphatic hydroxyl groups excluding tert-OH is 2. The average Bonchev–Trinajstić information content (AvgIpc) is 2.76. The lowest BCUT2D eigenvalue weighted by Crippen LogP contribution is -2.48. The van der Waals surface area contributed by atoms with Gasteiger partial charge < -0.3 is 20.4 Å². The second kappa shape index (κ2) is 8.38. The Labute approximate surface area is 171 Å². The minimum atomic E-state index is -2.60. The van der Waals surface area contributed by atoms with Crippen LogP contribution in [0.15, 0.2) is 78.4 Å². The van der Waals surface area contributed by atoms with Crippen LogP contribution in [-0.2, 0) is 9.59 Å². The van der Waals surface area contributed by atoms with Crippen molar-refractivity contribution < 1.29 is 34.8 Å². The van der Waals surface area contributed by atoms with Crippen LogP contribution in [0.4, 0.5) is 0 Å². The third-order valence-corrected chi connectivity index (χ3v) is 4.56.